The van der Waals surface area contributed by atoms with Crippen LogP contribution in [0.5, 0.6) is 0 Å². The number of urea groups is 1. The molecule has 22 heavy (non-hydrogen) atoms. The minimum Gasteiger partial charge on any atom is -0.308 e. The van der Waals surface area contributed by atoms with Gasteiger partial charge in [0.05, 0.1) is 16.3 Å². The number of benzene rings is 2. The molecule has 2 amide bonds. The summed E-state index contributed by atoms with van der Waals surface area (Å²) in [6.45, 7) is 1.90. The van der Waals surface area contributed by atoms with Gasteiger partial charge in [-0.2, -0.15) is 13.2 Å². The van der Waals surface area contributed by atoms with Crippen molar-refractivity contribution in [1.82, 2.24) is 0 Å². The van der Waals surface area contributed by atoms with Crippen LogP contribution in [0.25, 0.3) is 0 Å². The zero-order valence-electron chi connectivity index (χ0n) is 11.5. The van der Waals surface area contributed by atoms with Crippen LogP contribution in [0.1, 0.15) is 11.1 Å². The topological polar surface area (TPSA) is 41.1 Å². The Balaban J connectivity index is 2.12. The van der Waals surface area contributed by atoms with Gasteiger partial charge in [0.15, 0.2) is 0 Å². The fraction of sp³-hybridized carbons (Fsp3) is 0.133. The molecule has 116 valence electrons. The van der Waals surface area contributed by atoms with E-state index in [4.69, 9.17) is 11.6 Å². The van der Waals surface area contributed by atoms with Crippen LogP contribution < -0.4 is 10.6 Å². The van der Waals surface area contributed by atoms with Crippen LogP contribution in [-0.4, -0.2) is 6.03 Å². The number of hydrogen-bond acceptors (Lipinski definition) is 1. The number of halogens is 4. The molecule has 2 rings (SSSR count). The Kier molecular flexibility index (Phi) is 4.61. The van der Waals surface area contributed by atoms with Crippen LogP contribution in [0.4, 0.5) is 29.3 Å². The molecule has 0 aromatic heterocycles. The van der Waals surface area contributed by atoms with E-state index >= 15 is 0 Å². The Labute approximate surface area is 130 Å². The predicted octanol–water partition coefficient (Wildman–Crippen LogP) is 5.31. The summed E-state index contributed by atoms with van der Waals surface area (Å²) in [5, 5.41) is 4.84. The monoisotopic (exact) mass is 328 g/mol. The van der Waals surface area contributed by atoms with Gasteiger partial charge in [0.2, 0.25) is 0 Å². The molecule has 7 heteroatoms. The molecule has 0 aliphatic carbocycles. The second kappa shape index (κ2) is 6.27. The average molecular weight is 329 g/mol. The number of carbonyl (C=O) groups excluding carboxylic acids is 1. The molecule has 0 aliphatic heterocycles. The van der Waals surface area contributed by atoms with E-state index in [-0.39, 0.29) is 10.7 Å². The van der Waals surface area contributed by atoms with Crippen LogP contribution in [-0.2, 0) is 6.18 Å². The van der Waals surface area contributed by atoms with Crippen LogP contribution in [0.2, 0.25) is 5.02 Å². The molecule has 0 heterocycles. The lowest BCUT2D eigenvalue weighted by molar-refractivity contribution is -0.137. The van der Waals surface area contributed by atoms with E-state index in [9.17, 15) is 18.0 Å². The van der Waals surface area contributed by atoms with Crippen LogP contribution in [0, 0.1) is 6.92 Å². The summed E-state index contributed by atoms with van der Waals surface area (Å²) in [6.07, 6.45) is -4.51. The van der Waals surface area contributed by atoms with Gasteiger partial charge < -0.3 is 10.6 Å². The van der Waals surface area contributed by atoms with Crippen molar-refractivity contribution in [3.8, 4) is 0 Å². The number of alkyl halides is 3. The van der Waals surface area contributed by atoms with Crippen molar-refractivity contribution < 1.29 is 18.0 Å². The van der Waals surface area contributed by atoms with Crippen LogP contribution in [0.15, 0.2) is 42.5 Å². The summed E-state index contributed by atoms with van der Waals surface area (Å²) in [4.78, 5) is 11.8. The fourth-order valence-corrected chi connectivity index (χ4v) is 1.88. The zero-order valence-corrected chi connectivity index (χ0v) is 12.2. The quantitative estimate of drug-likeness (QED) is 0.770. The van der Waals surface area contributed by atoms with Gasteiger partial charge in [0.25, 0.3) is 0 Å². The van der Waals surface area contributed by atoms with Gasteiger partial charge in [0.1, 0.15) is 0 Å². The Hall–Kier alpha value is -2.21. The van der Waals surface area contributed by atoms with Crippen LogP contribution >= 0.6 is 11.6 Å². The molecule has 0 radical (unpaired) electrons. The summed E-state index contributed by atoms with van der Waals surface area (Å²) in [5.41, 5.74) is 0.543. The highest BCUT2D eigenvalue weighted by atomic mass is 35.5. The molecule has 0 saturated heterocycles. The molecule has 2 aromatic rings. The van der Waals surface area contributed by atoms with Gasteiger partial charge in [-0.1, -0.05) is 29.3 Å². The molecular weight excluding hydrogens is 317 g/mol. The number of hydrogen-bond donors (Lipinski definition) is 2. The molecular formula is C15H12ClF3N2O. The summed E-state index contributed by atoms with van der Waals surface area (Å²) < 4.78 is 38.0. The first-order valence-electron chi connectivity index (χ1n) is 6.27. The number of nitrogens with one attached hydrogen (secondary N) is 2. The largest absolute Gasteiger partial charge is 0.416 e. The lowest BCUT2D eigenvalue weighted by atomic mass is 10.2. The fourth-order valence-electron chi connectivity index (χ4n) is 1.72. The molecule has 0 spiro atoms. The third-order valence-corrected chi connectivity index (χ3v) is 3.18. The Bertz CT molecular complexity index is 684. The van der Waals surface area contributed by atoms with E-state index in [1.54, 1.807) is 24.3 Å². The second-order valence-electron chi connectivity index (χ2n) is 4.64. The highest BCUT2D eigenvalue weighted by Gasteiger charge is 2.31. The summed E-state index contributed by atoms with van der Waals surface area (Å²) in [5.74, 6) is 0. The number of aryl methyl sites for hydroxylation is 1. The van der Waals surface area contributed by atoms with E-state index in [1.807, 2.05) is 6.92 Å². The standard InChI is InChI=1S/C15H12ClF3N2O/c1-9-2-5-11(6-3-9)20-14(22)21-13-8-10(15(17,18)19)4-7-12(13)16/h2-8H,1H3,(H2,20,21,22). The average Bonchev–Trinajstić information content (AvgIpc) is 2.42. The van der Waals surface area contributed by atoms with E-state index in [0.29, 0.717) is 5.69 Å². The summed E-state index contributed by atoms with van der Waals surface area (Å²) >= 11 is 5.80. The van der Waals surface area contributed by atoms with Crippen molar-refractivity contribution in [3.05, 3.63) is 58.6 Å². The van der Waals surface area contributed by atoms with Crippen LogP contribution in [0.3, 0.4) is 0 Å². The molecule has 0 saturated carbocycles. The molecule has 0 unspecified atom stereocenters. The van der Waals surface area contributed by atoms with Gasteiger partial charge in [-0.05, 0) is 37.3 Å². The first-order chi connectivity index (χ1) is 10.3. The van der Waals surface area contributed by atoms with Gasteiger partial charge in [-0.3, -0.25) is 0 Å². The van der Waals surface area contributed by atoms with Gasteiger partial charge in [-0.25, -0.2) is 4.79 Å². The van der Waals surface area contributed by atoms with E-state index in [1.165, 1.54) is 0 Å². The van der Waals surface area contributed by atoms with Gasteiger partial charge >= 0.3 is 12.2 Å². The van der Waals surface area contributed by atoms with Gasteiger partial charge in [0, 0.05) is 5.69 Å². The maximum atomic E-state index is 12.7. The highest BCUT2D eigenvalue weighted by molar-refractivity contribution is 6.33. The minimum atomic E-state index is -4.51. The molecule has 0 atom stereocenters. The van der Waals surface area contributed by atoms with Crippen molar-refractivity contribution in [2.45, 2.75) is 13.1 Å². The van der Waals surface area contributed by atoms with Crippen molar-refractivity contribution in [2.24, 2.45) is 0 Å². The zero-order chi connectivity index (χ0) is 16.3. The Morgan fingerprint density at radius 1 is 1.05 bits per heavy atom. The van der Waals surface area contributed by atoms with E-state index in [2.05, 4.69) is 10.6 Å². The summed E-state index contributed by atoms with van der Waals surface area (Å²) in [6, 6.07) is 9.02. The minimum absolute atomic E-state index is 0.0204. The van der Waals surface area contributed by atoms with Crippen molar-refractivity contribution in [3.63, 3.8) is 0 Å². The highest BCUT2D eigenvalue weighted by Crippen LogP contribution is 2.33. The number of anilines is 2. The predicted molar refractivity (Wildman–Crippen MR) is 80.3 cm³/mol. The number of amides is 2. The van der Waals surface area contributed by atoms with E-state index < -0.39 is 17.8 Å². The number of carbonyl (C=O) groups is 1. The maximum absolute atomic E-state index is 12.7. The lowest BCUT2D eigenvalue weighted by Gasteiger charge is -2.12. The molecule has 0 aliphatic rings. The smallest absolute Gasteiger partial charge is 0.308 e. The molecule has 3 nitrogen and oxygen atoms in total. The third kappa shape index (κ3) is 4.14. The molecule has 0 bridgehead atoms. The normalized spacial score (nSPS) is 11.1. The first kappa shape index (κ1) is 16.2. The van der Waals surface area contributed by atoms with Crippen molar-refractivity contribution >= 4 is 29.0 Å². The Morgan fingerprint density at radius 3 is 2.27 bits per heavy atom. The Morgan fingerprint density at radius 2 is 1.68 bits per heavy atom. The SMILES string of the molecule is Cc1ccc(NC(=O)Nc2cc(C(F)(F)F)ccc2Cl)cc1. The van der Waals surface area contributed by atoms with E-state index in [0.717, 1.165) is 23.8 Å². The number of rotatable bonds is 2. The van der Waals surface area contributed by atoms with Crippen molar-refractivity contribution in [1.29, 1.82) is 0 Å². The van der Waals surface area contributed by atoms with Crippen molar-refractivity contribution in [2.75, 3.05) is 10.6 Å². The lowest BCUT2D eigenvalue weighted by Crippen LogP contribution is -2.20. The maximum Gasteiger partial charge on any atom is 0.416 e. The molecule has 0 fully saturated rings. The summed E-state index contributed by atoms with van der Waals surface area (Å²) in [7, 11) is 0. The molecule has 2 N–H and O–H groups in total. The van der Waals surface area contributed by atoms with Gasteiger partial charge in [-0.15, -0.1) is 0 Å². The first-order valence-corrected chi connectivity index (χ1v) is 6.65. The second-order valence-corrected chi connectivity index (χ2v) is 5.04. The third-order valence-electron chi connectivity index (χ3n) is 2.85. The molecule has 2 aromatic carbocycles.